The molecule has 0 rings (SSSR count). The molecule has 0 aliphatic carbocycles. The molecule has 2 nitrogen and oxygen atoms in total. The van der Waals surface area contributed by atoms with E-state index in [-0.39, 0.29) is 0 Å². The molecule has 0 fully saturated rings. The predicted molar refractivity (Wildman–Crippen MR) is 73.9 cm³/mol. The van der Waals surface area contributed by atoms with E-state index in [9.17, 15) is 0 Å². The van der Waals surface area contributed by atoms with Crippen molar-refractivity contribution >= 4 is 0 Å². The molecular weight excluding hydrogens is 196 g/mol. The first kappa shape index (κ1) is 15.9. The molecule has 0 aromatic heterocycles. The Balaban J connectivity index is 2.93. The molecule has 2 N–H and O–H groups in total. The molecule has 0 aromatic carbocycles. The third-order valence-electron chi connectivity index (χ3n) is 2.56. The summed E-state index contributed by atoms with van der Waals surface area (Å²) in [6.45, 7) is 13.7. The molecule has 0 aromatic rings. The van der Waals surface area contributed by atoms with Crippen LogP contribution in [-0.4, -0.2) is 26.2 Å². The zero-order valence-corrected chi connectivity index (χ0v) is 11.8. The highest BCUT2D eigenvalue weighted by atomic mass is 14.9. The van der Waals surface area contributed by atoms with Crippen molar-refractivity contribution in [2.75, 3.05) is 26.2 Å². The van der Waals surface area contributed by atoms with Crippen molar-refractivity contribution in [1.29, 1.82) is 0 Å². The second-order valence-electron chi connectivity index (χ2n) is 5.61. The number of hydrogen-bond acceptors (Lipinski definition) is 2. The molecule has 0 aliphatic rings. The summed E-state index contributed by atoms with van der Waals surface area (Å²) in [5.74, 6) is 1.56. The van der Waals surface area contributed by atoms with Crippen molar-refractivity contribution in [3.8, 4) is 0 Å². The average Bonchev–Trinajstić information content (AvgIpc) is 2.20. The van der Waals surface area contributed by atoms with Gasteiger partial charge < -0.3 is 10.6 Å². The first-order valence-electron chi connectivity index (χ1n) is 7.04. The highest BCUT2D eigenvalue weighted by Crippen LogP contribution is 1.98. The normalized spacial score (nSPS) is 11.6. The van der Waals surface area contributed by atoms with E-state index in [1.165, 1.54) is 38.8 Å². The fraction of sp³-hybridized carbons (Fsp3) is 1.00. The Labute approximate surface area is 103 Å². The van der Waals surface area contributed by atoms with E-state index in [0.29, 0.717) is 0 Å². The Hall–Kier alpha value is -0.0800. The first-order valence-corrected chi connectivity index (χ1v) is 7.04. The fourth-order valence-corrected chi connectivity index (χ4v) is 1.64. The van der Waals surface area contributed by atoms with Crippen LogP contribution in [0.3, 0.4) is 0 Å². The van der Waals surface area contributed by atoms with Gasteiger partial charge in [-0.05, 0) is 50.9 Å². The van der Waals surface area contributed by atoms with Crippen LogP contribution in [0.1, 0.15) is 53.4 Å². The van der Waals surface area contributed by atoms with Gasteiger partial charge in [0.25, 0.3) is 0 Å². The van der Waals surface area contributed by atoms with E-state index in [0.717, 1.165) is 24.9 Å². The lowest BCUT2D eigenvalue weighted by atomic mass is 10.1. The maximum absolute atomic E-state index is 3.49. The summed E-state index contributed by atoms with van der Waals surface area (Å²) in [4.78, 5) is 0. The zero-order chi connectivity index (χ0) is 12.2. The summed E-state index contributed by atoms with van der Waals surface area (Å²) in [5, 5.41) is 6.97. The van der Waals surface area contributed by atoms with Crippen LogP contribution >= 0.6 is 0 Å². The minimum atomic E-state index is 0.778. The van der Waals surface area contributed by atoms with Gasteiger partial charge in [-0.25, -0.2) is 0 Å². The van der Waals surface area contributed by atoms with Gasteiger partial charge >= 0.3 is 0 Å². The molecule has 0 spiro atoms. The molecule has 0 radical (unpaired) electrons. The smallest absolute Gasteiger partial charge is 0.00258 e. The minimum absolute atomic E-state index is 0.778. The van der Waals surface area contributed by atoms with Crippen LogP contribution in [-0.2, 0) is 0 Å². The van der Waals surface area contributed by atoms with E-state index in [1.807, 2.05) is 0 Å². The third kappa shape index (κ3) is 13.9. The van der Waals surface area contributed by atoms with E-state index >= 15 is 0 Å². The molecule has 0 aliphatic heterocycles. The van der Waals surface area contributed by atoms with Gasteiger partial charge in [-0.15, -0.1) is 0 Å². The Kier molecular flexibility index (Phi) is 11.3. The second kappa shape index (κ2) is 11.4. The molecule has 0 heterocycles. The predicted octanol–water partition coefficient (Wildman–Crippen LogP) is 3.04. The summed E-state index contributed by atoms with van der Waals surface area (Å²) in [7, 11) is 0. The van der Waals surface area contributed by atoms with Crippen molar-refractivity contribution in [2.24, 2.45) is 11.8 Å². The van der Waals surface area contributed by atoms with Crippen LogP contribution in [0.2, 0.25) is 0 Å². The fourth-order valence-electron chi connectivity index (χ4n) is 1.64. The molecule has 0 atom stereocenters. The summed E-state index contributed by atoms with van der Waals surface area (Å²) < 4.78 is 0. The van der Waals surface area contributed by atoms with Crippen molar-refractivity contribution < 1.29 is 0 Å². The number of nitrogens with one attached hydrogen (secondary N) is 2. The number of hydrogen-bond donors (Lipinski definition) is 2. The van der Waals surface area contributed by atoms with Crippen LogP contribution in [0, 0.1) is 11.8 Å². The van der Waals surface area contributed by atoms with Crippen LogP contribution in [0.25, 0.3) is 0 Å². The molecule has 2 heteroatoms. The monoisotopic (exact) mass is 228 g/mol. The highest BCUT2D eigenvalue weighted by Gasteiger charge is 1.94. The van der Waals surface area contributed by atoms with Crippen molar-refractivity contribution in [3.05, 3.63) is 0 Å². The van der Waals surface area contributed by atoms with Crippen LogP contribution in [0.5, 0.6) is 0 Å². The Morgan fingerprint density at radius 1 is 0.625 bits per heavy atom. The molecule has 0 saturated carbocycles. The van der Waals surface area contributed by atoms with Crippen molar-refractivity contribution in [3.63, 3.8) is 0 Å². The van der Waals surface area contributed by atoms with Gasteiger partial charge in [0.05, 0.1) is 0 Å². The quantitative estimate of drug-likeness (QED) is 0.531. The second-order valence-corrected chi connectivity index (χ2v) is 5.61. The van der Waals surface area contributed by atoms with Gasteiger partial charge in [0.2, 0.25) is 0 Å². The first-order chi connectivity index (χ1) is 7.63. The van der Waals surface area contributed by atoms with Gasteiger partial charge in [-0.3, -0.25) is 0 Å². The highest BCUT2D eigenvalue weighted by molar-refractivity contribution is 4.54. The third-order valence-corrected chi connectivity index (χ3v) is 2.56. The summed E-state index contributed by atoms with van der Waals surface area (Å²) in [6.07, 6.45) is 5.40. The van der Waals surface area contributed by atoms with Crippen molar-refractivity contribution in [1.82, 2.24) is 10.6 Å². The van der Waals surface area contributed by atoms with Gasteiger partial charge in [0.15, 0.2) is 0 Å². The molecule has 0 unspecified atom stereocenters. The van der Waals surface area contributed by atoms with Crippen molar-refractivity contribution in [2.45, 2.75) is 53.4 Å². The largest absolute Gasteiger partial charge is 0.316 e. The Morgan fingerprint density at radius 2 is 1.00 bits per heavy atom. The lowest BCUT2D eigenvalue weighted by Gasteiger charge is -2.08. The molecule has 0 bridgehead atoms. The van der Waals surface area contributed by atoms with Crippen LogP contribution in [0.4, 0.5) is 0 Å². The standard InChI is InChI=1S/C14H32N2/c1-13(2)11-15-9-7-5-6-8-10-16-12-14(3)4/h13-16H,5-12H2,1-4H3. The molecule has 16 heavy (non-hydrogen) atoms. The molecular formula is C14H32N2. The molecule has 98 valence electrons. The number of rotatable bonds is 11. The van der Waals surface area contributed by atoms with E-state index in [2.05, 4.69) is 38.3 Å². The Bertz CT molecular complexity index is 117. The summed E-state index contributed by atoms with van der Waals surface area (Å²) in [5.41, 5.74) is 0. The maximum Gasteiger partial charge on any atom is -0.00258 e. The Morgan fingerprint density at radius 3 is 1.31 bits per heavy atom. The van der Waals surface area contributed by atoms with Crippen LogP contribution < -0.4 is 10.6 Å². The minimum Gasteiger partial charge on any atom is -0.316 e. The summed E-state index contributed by atoms with van der Waals surface area (Å²) >= 11 is 0. The van der Waals surface area contributed by atoms with E-state index in [1.54, 1.807) is 0 Å². The maximum atomic E-state index is 3.49. The van der Waals surface area contributed by atoms with Gasteiger partial charge in [-0.1, -0.05) is 40.5 Å². The van der Waals surface area contributed by atoms with E-state index < -0.39 is 0 Å². The lowest BCUT2D eigenvalue weighted by molar-refractivity contribution is 0.508. The van der Waals surface area contributed by atoms with Gasteiger partial charge in [0.1, 0.15) is 0 Å². The molecule has 0 amide bonds. The average molecular weight is 228 g/mol. The zero-order valence-electron chi connectivity index (χ0n) is 11.8. The van der Waals surface area contributed by atoms with Crippen LogP contribution in [0.15, 0.2) is 0 Å². The number of unbranched alkanes of at least 4 members (excludes halogenated alkanes) is 3. The van der Waals surface area contributed by atoms with Gasteiger partial charge in [-0.2, -0.15) is 0 Å². The lowest BCUT2D eigenvalue weighted by Crippen LogP contribution is -2.21. The van der Waals surface area contributed by atoms with E-state index in [4.69, 9.17) is 0 Å². The van der Waals surface area contributed by atoms with Gasteiger partial charge in [0, 0.05) is 0 Å². The topological polar surface area (TPSA) is 24.1 Å². The summed E-state index contributed by atoms with van der Waals surface area (Å²) in [6, 6.07) is 0. The SMILES string of the molecule is CC(C)CNCCCCCCNCC(C)C. The molecule has 0 saturated heterocycles.